The molecule has 0 aliphatic carbocycles. The number of piperidine rings is 1. The molecule has 20 heteroatoms. The van der Waals surface area contributed by atoms with Crippen LogP contribution in [0.4, 0.5) is 5.13 Å². The van der Waals surface area contributed by atoms with E-state index in [1.54, 1.807) is 24.3 Å². The summed E-state index contributed by atoms with van der Waals surface area (Å²) in [6, 6.07) is 4.06. The van der Waals surface area contributed by atoms with Crippen molar-refractivity contribution in [3.05, 3.63) is 35.7 Å². The van der Waals surface area contributed by atoms with E-state index in [0.717, 1.165) is 25.9 Å². The van der Waals surface area contributed by atoms with E-state index in [1.165, 1.54) is 6.92 Å². The van der Waals surface area contributed by atoms with E-state index >= 15 is 0 Å². The molecule has 8 N–H and O–H groups in total. The standard InChI is InChI=1S/C23H29N9O9S2/c1-11-16(21(34)32(11)43(37,38)39)28-20(33)17(19-29-23(25)42-31-19)30-41-15(22(35)36)10-40-14-6-4-12(5-7-14)18(24)27-13-3-2-8-26-9-13/h4-7,11,13,15-16,26H,2-3,8-10H2,1H3,(H2,24,27)(H,28,33)(H,35,36)(H2,25,29,31)(H,37,38,39)/t11-,13?,15?,16-/m0/s1. The fourth-order valence-corrected chi connectivity index (χ4v) is 5.56. The number of amidine groups is 1. The van der Waals surface area contributed by atoms with Crippen LogP contribution in [0.15, 0.2) is 29.4 Å². The van der Waals surface area contributed by atoms with Crippen LogP contribution >= 0.6 is 11.5 Å². The number of carboxylic acid groups (broad SMARTS) is 1. The fourth-order valence-electron chi connectivity index (χ4n) is 4.24. The Hall–Kier alpha value is -4.40. The molecule has 0 saturated carbocycles. The number of β-lactam (4-membered cyclic amide) rings is 1. The van der Waals surface area contributed by atoms with Gasteiger partial charge in [0.2, 0.25) is 11.5 Å². The van der Waals surface area contributed by atoms with Crippen LogP contribution in [0.5, 0.6) is 5.75 Å². The lowest BCUT2D eigenvalue weighted by Crippen LogP contribution is -2.71. The van der Waals surface area contributed by atoms with Gasteiger partial charge in [0.05, 0.1) is 6.04 Å². The van der Waals surface area contributed by atoms with Gasteiger partial charge in [0.15, 0.2) is 5.13 Å². The number of aliphatic carboxylic acids is 1. The van der Waals surface area contributed by atoms with Crippen LogP contribution in [-0.2, 0) is 29.5 Å². The number of rotatable bonds is 12. The molecule has 43 heavy (non-hydrogen) atoms. The molecular weight excluding hydrogens is 610 g/mol. The molecule has 2 aromatic rings. The third-order valence-corrected chi connectivity index (χ3v) is 8.03. The Morgan fingerprint density at radius 3 is 2.60 bits per heavy atom. The first-order chi connectivity index (χ1) is 20.3. The maximum absolute atomic E-state index is 13.0. The van der Waals surface area contributed by atoms with Gasteiger partial charge in [0, 0.05) is 29.7 Å². The first-order valence-electron chi connectivity index (χ1n) is 12.8. The van der Waals surface area contributed by atoms with Crippen molar-refractivity contribution in [3.63, 3.8) is 0 Å². The Bertz CT molecular complexity index is 1510. The Labute approximate surface area is 249 Å². The maximum atomic E-state index is 13.0. The summed E-state index contributed by atoms with van der Waals surface area (Å²) in [5.74, 6) is -3.50. The lowest BCUT2D eigenvalue weighted by molar-refractivity contribution is -0.152. The minimum atomic E-state index is -4.83. The third kappa shape index (κ3) is 7.71. The highest BCUT2D eigenvalue weighted by Gasteiger charge is 2.51. The molecule has 2 fully saturated rings. The molecule has 232 valence electrons. The monoisotopic (exact) mass is 639 g/mol. The van der Waals surface area contributed by atoms with Crippen molar-refractivity contribution in [2.45, 2.75) is 44.0 Å². The largest absolute Gasteiger partial charge is 0.489 e. The molecule has 2 saturated heterocycles. The number of nitrogen functional groups attached to an aromatic ring is 1. The van der Waals surface area contributed by atoms with Crippen LogP contribution in [0.1, 0.15) is 31.2 Å². The average molecular weight is 640 g/mol. The Balaban J connectivity index is 1.40. The molecule has 18 nitrogen and oxygen atoms in total. The number of amides is 2. The zero-order chi connectivity index (χ0) is 31.3. The summed E-state index contributed by atoms with van der Waals surface area (Å²) in [6.07, 6.45) is 0.260. The summed E-state index contributed by atoms with van der Waals surface area (Å²) < 4.78 is 41.4. The number of carbonyl (C=O) groups excluding carboxylic acids is 2. The summed E-state index contributed by atoms with van der Waals surface area (Å²) in [7, 11) is -4.83. The summed E-state index contributed by atoms with van der Waals surface area (Å²) in [5, 5.41) is 30.1. The number of hydrogen-bond acceptors (Lipinski definition) is 14. The van der Waals surface area contributed by atoms with E-state index in [-0.39, 0.29) is 32.9 Å². The molecule has 2 aliphatic heterocycles. The average Bonchev–Trinajstić information content (AvgIpc) is 3.39. The number of aromatic nitrogens is 2. The van der Waals surface area contributed by atoms with Crippen LogP contribution in [-0.4, -0.2) is 105 Å². The fraction of sp³-hybridized carbons (Fsp3) is 0.435. The van der Waals surface area contributed by atoms with Gasteiger partial charge in [-0.15, -0.1) is 0 Å². The van der Waals surface area contributed by atoms with Crippen LogP contribution in [0.25, 0.3) is 0 Å². The van der Waals surface area contributed by atoms with E-state index in [4.69, 9.17) is 25.3 Å². The number of benzene rings is 1. The highest BCUT2D eigenvalue weighted by molar-refractivity contribution is 7.84. The predicted octanol–water partition coefficient (Wildman–Crippen LogP) is -1.44. The van der Waals surface area contributed by atoms with E-state index in [0.29, 0.717) is 17.1 Å². The van der Waals surface area contributed by atoms with E-state index in [9.17, 15) is 27.9 Å². The summed E-state index contributed by atoms with van der Waals surface area (Å²) >= 11 is 0.703. The minimum absolute atomic E-state index is 0.0543. The zero-order valence-electron chi connectivity index (χ0n) is 22.6. The summed E-state index contributed by atoms with van der Waals surface area (Å²) in [4.78, 5) is 45.9. The molecule has 1 aromatic heterocycles. The van der Waals surface area contributed by atoms with Gasteiger partial charge in [-0.1, -0.05) is 5.16 Å². The SMILES string of the molecule is C[C@H]1[C@H](NC(=O)C(=NOC(COc2ccc(C(=N)NC3CCCNC3)cc2)C(=O)O)c2nsc(N)n2)C(=O)N1S(=O)(=O)O. The molecule has 4 atom stereocenters. The van der Waals surface area contributed by atoms with Crippen LogP contribution in [0, 0.1) is 5.41 Å². The predicted molar refractivity (Wildman–Crippen MR) is 151 cm³/mol. The summed E-state index contributed by atoms with van der Waals surface area (Å²) in [6.45, 7) is 2.45. The molecule has 4 rings (SSSR count). The van der Waals surface area contributed by atoms with Crippen molar-refractivity contribution in [3.8, 4) is 5.75 Å². The second-order valence-electron chi connectivity index (χ2n) is 9.53. The van der Waals surface area contributed by atoms with Crippen LogP contribution < -0.4 is 26.4 Å². The molecule has 0 radical (unpaired) electrons. The highest BCUT2D eigenvalue weighted by Crippen LogP contribution is 2.23. The van der Waals surface area contributed by atoms with Gasteiger partial charge in [-0.05, 0) is 50.6 Å². The van der Waals surface area contributed by atoms with Gasteiger partial charge in [0.25, 0.3) is 17.9 Å². The quantitative estimate of drug-likeness (QED) is 0.0461. The zero-order valence-corrected chi connectivity index (χ0v) is 24.2. The molecule has 2 unspecified atom stereocenters. The second-order valence-corrected chi connectivity index (χ2v) is 11.6. The first-order valence-corrected chi connectivity index (χ1v) is 15.0. The Morgan fingerprint density at radius 1 is 1.33 bits per heavy atom. The van der Waals surface area contributed by atoms with Gasteiger partial charge in [-0.3, -0.25) is 19.6 Å². The van der Waals surface area contributed by atoms with Crippen molar-refractivity contribution in [2.24, 2.45) is 5.16 Å². The lowest BCUT2D eigenvalue weighted by Gasteiger charge is -2.42. The van der Waals surface area contributed by atoms with Crippen molar-refractivity contribution < 1.29 is 42.0 Å². The molecule has 2 amide bonds. The van der Waals surface area contributed by atoms with Gasteiger partial charge >= 0.3 is 16.3 Å². The Kier molecular flexibility index (Phi) is 9.73. The van der Waals surface area contributed by atoms with E-state index in [1.807, 2.05) is 0 Å². The van der Waals surface area contributed by atoms with Gasteiger partial charge in [0.1, 0.15) is 24.2 Å². The van der Waals surface area contributed by atoms with Crippen molar-refractivity contribution in [2.75, 3.05) is 25.4 Å². The summed E-state index contributed by atoms with van der Waals surface area (Å²) in [5.41, 5.74) is 5.55. The second kappa shape index (κ2) is 13.3. The topological polar surface area (TPSA) is 272 Å². The maximum Gasteiger partial charge on any atom is 0.362 e. The van der Waals surface area contributed by atoms with Crippen LogP contribution in [0.2, 0.25) is 0 Å². The Morgan fingerprint density at radius 2 is 2.05 bits per heavy atom. The number of ether oxygens (including phenoxy) is 1. The van der Waals surface area contributed by atoms with Crippen molar-refractivity contribution in [1.29, 1.82) is 5.41 Å². The van der Waals surface area contributed by atoms with Crippen molar-refractivity contribution in [1.82, 2.24) is 29.6 Å². The molecule has 2 aliphatic rings. The molecule has 1 aromatic carbocycles. The number of carboxylic acids is 1. The van der Waals surface area contributed by atoms with Crippen molar-refractivity contribution >= 4 is 56.3 Å². The number of hydrogen-bond donors (Lipinski definition) is 7. The minimum Gasteiger partial charge on any atom is -0.489 e. The lowest BCUT2D eigenvalue weighted by atomic mass is 10.0. The normalized spacial score (nSPS) is 21.3. The van der Waals surface area contributed by atoms with Crippen LogP contribution in [0.3, 0.4) is 0 Å². The van der Waals surface area contributed by atoms with E-state index < -0.39 is 58.6 Å². The third-order valence-electron chi connectivity index (χ3n) is 6.48. The van der Waals surface area contributed by atoms with E-state index in [2.05, 4.69) is 30.5 Å². The smallest absolute Gasteiger partial charge is 0.362 e. The molecule has 0 spiro atoms. The number of oxime groups is 1. The first kappa shape index (κ1) is 31.5. The number of nitrogens with two attached hydrogens (primary N) is 1. The van der Waals surface area contributed by atoms with Gasteiger partial charge in [-0.2, -0.15) is 17.8 Å². The number of carbonyl (C=O) groups is 3. The molecule has 0 bridgehead atoms. The van der Waals surface area contributed by atoms with Gasteiger partial charge in [-0.25, -0.2) is 9.10 Å². The number of anilines is 1. The highest BCUT2D eigenvalue weighted by atomic mass is 32.2. The number of nitrogens with zero attached hydrogens (tertiary/aromatic N) is 4. The number of nitrogens with one attached hydrogen (secondary N) is 4. The van der Waals surface area contributed by atoms with Gasteiger partial charge < -0.3 is 36.4 Å². The molecule has 3 heterocycles. The molecular formula is C23H29N9O9S2.